The smallest absolute Gasteiger partial charge is 0.254 e. The van der Waals surface area contributed by atoms with Crippen molar-refractivity contribution < 1.29 is 14.1 Å². The largest absolute Gasteiger partial charge is 0.331 e. The van der Waals surface area contributed by atoms with Crippen molar-refractivity contribution in [1.82, 2.24) is 4.90 Å². The maximum Gasteiger partial charge on any atom is 0.254 e. The van der Waals surface area contributed by atoms with Crippen LogP contribution in [0.3, 0.4) is 0 Å². The summed E-state index contributed by atoms with van der Waals surface area (Å²) in [5, 5.41) is 2.73. The zero-order valence-corrected chi connectivity index (χ0v) is 14.1. The number of carbonyl (C=O) groups excluding carboxylic acids is 1. The zero-order chi connectivity index (χ0) is 18.2. The number of carbonyl (C=O) groups is 1. The van der Waals surface area contributed by atoms with Gasteiger partial charge in [-0.15, -0.1) is 4.91 Å². The minimum Gasteiger partial charge on any atom is -0.331 e. The Morgan fingerprint density at radius 3 is 2.35 bits per heavy atom. The lowest BCUT2D eigenvalue weighted by atomic mass is 10.1. The molecule has 0 fully saturated rings. The van der Waals surface area contributed by atoms with Crippen molar-refractivity contribution in [2.75, 3.05) is 6.73 Å². The molecule has 26 heavy (non-hydrogen) atoms. The molecule has 0 spiro atoms. The molecule has 1 aliphatic rings. The van der Waals surface area contributed by atoms with Gasteiger partial charge in [0.1, 0.15) is 6.73 Å². The van der Waals surface area contributed by atoms with Crippen LogP contribution >= 0.6 is 0 Å². The highest BCUT2D eigenvalue weighted by Crippen LogP contribution is 2.09. The Morgan fingerprint density at radius 1 is 1.04 bits per heavy atom. The fourth-order valence-corrected chi connectivity index (χ4v) is 2.40. The van der Waals surface area contributed by atoms with Gasteiger partial charge in [-0.25, -0.2) is 0 Å². The summed E-state index contributed by atoms with van der Waals surface area (Å²) < 4.78 is 7.48. The van der Waals surface area contributed by atoms with Gasteiger partial charge in [-0.3, -0.25) is 4.79 Å². The van der Waals surface area contributed by atoms with Crippen molar-refractivity contribution in [1.29, 1.82) is 0 Å². The molecule has 1 aromatic heterocycles. The van der Waals surface area contributed by atoms with Gasteiger partial charge in [-0.2, -0.15) is 4.57 Å². The number of ketones is 1. The number of nitrogens with zero attached hydrogens (tertiary/aromatic N) is 3. The molecular weight excluding hydrogens is 330 g/mol. The number of nitroso groups, excluding NO2 is 1. The van der Waals surface area contributed by atoms with Crippen molar-refractivity contribution >= 4 is 5.78 Å². The summed E-state index contributed by atoms with van der Waals surface area (Å²) in [7, 11) is 0. The lowest BCUT2D eigenvalue weighted by molar-refractivity contribution is -0.733. The van der Waals surface area contributed by atoms with E-state index in [1.807, 2.05) is 52.5 Å². The van der Waals surface area contributed by atoms with Crippen LogP contribution < -0.4 is 4.57 Å². The van der Waals surface area contributed by atoms with E-state index < -0.39 is 0 Å². The molecule has 1 aliphatic heterocycles. The molecule has 0 amide bonds. The first-order chi connectivity index (χ1) is 12.8. The number of rotatable bonds is 7. The second kappa shape index (κ2) is 8.64. The van der Waals surface area contributed by atoms with Crippen LogP contribution in [0.15, 0.2) is 96.4 Å². The molecule has 2 aromatic rings. The molecule has 0 atom stereocenters. The molecule has 130 valence electrons. The van der Waals surface area contributed by atoms with Crippen LogP contribution in [0.4, 0.5) is 0 Å². The summed E-state index contributed by atoms with van der Waals surface area (Å²) in [6, 6.07) is 12.8. The first-order valence-electron chi connectivity index (χ1n) is 8.07. The topological polar surface area (TPSA) is 62.9 Å². The number of ether oxygens (including phenoxy) is 1. The van der Waals surface area contributed by atoms with E-state index >= 15 is 0 Å². The first-order valence-corrected chi connectivity index (χ1v) is 8.07. The van der Waals surface area contributed by atoms with Crippen molar-refractivity contribution in [2.24, 2.45) is 5.18 Å². The van der Waals surface area contributed by atoms with Gasteiger partial charge in [0.15, 0.2) is 18.2 Å². The molecule has 1 aromatic carbocycles. The van der Waals surface area contributed by atoms with Gasteiger partial charge < -0.3 is 9.64 Å². The average Bonchev–Trinajstić information content (AvgIpc) is 2.70. The molecule has 6 nitrogen and oxygen atoms in total. The highest BCUT2D eigenvalue weighted by molar-refractivity contribution is 6.08. The minimum absolute atomic E-state index is 0.00377. The second-order valence-electron chi connectivity index (χ2n) is 5.64. The van der Waals surface area contributed by atoms with Crippen LogP contribution in [0, 0.1) is 4.91 Å². The maximum atomic E-state index is 12.4. The van der Waals surface area contributed by atoms with Crippen molar-refractivity contribution in [2.45, 2.75) is 6.73 Å². The fraction of sp³-hybridized carbons (Fsp3) is 0.100. The lowest BCUT2D eigenvalue weighted by Gasteiger charge is -2.17. The summed E-state index contributed by atoms with van der Waals surface area (Å²) >= 11 is 0. The molecule has 3 rings (SSSR count). The minimum atomic E-state index is -0.00377. The summed E-state index contributed by atoms with van der Waals surface area (Å²) in [4.78, 5) is 24.4. The molecule has 0 radical (unpaired) electrons. The third kappa shape index (κ3) is 4.58. The van der Waals surface area contributed by atoms with E-state index in [1.165, 1.54) is 6.20 Å². The molecule has 0 saturated heterocycles. The number of pyridine rings is 1. The quantitative estimate of drug-likeness (QED) is 0.438. The van der Waals surface area contributed by atoms with E-state index in [2.05, 4.69) is 5.18 Å². The molecule has 0 bridgehead atoms. The summed E-state index contributed by atoms with van der Waals surface area (Å²) in [5.41, 5.74) is 2.05. The fourth-order valence-electron chi connectivity index (χ4n) is 2.40. The van der Waals surface area contributed by atoms with Crippen LogP contribution in [-0.2, 0) is 11.5 Å². The van der Waals surface area contributed by atoms with Crippen LogP contribution in [0.1, 0.15) is 15.9 Å². The molecule has 0 unspecified atom stereocenters. The Kier molecular flexibility index (Phi) is 5.80. The third-order valence-corrected chi connectivity index (χ3v) is 3.79. The van der Waals surface area contributed by atoms with Crippen molar-refractivity contribution in [3.05, 3.63) is 107 Å². The molecule has 2 heterocycles. The zero-order valence-electron chi connectivity index (χ0n) is 14.1. The van der Waals surface area contributed by atoms with E-state index in [0.717, 1.165) is 5.57 Å². The number of aromatic nitrogens is 1. The Bertz CT molecular complexity index is 840. The summed E-state index contributed by atoms with van der Waals surface area (Å²) in [6.45, 7) is 0.725. The average molecular weight is 348 g/mol. The van der Waals surface area contributed by atoms with Crippen LogP contribution in [0.2, 0.25) is 0 Å². The van der Waals surface area contributed by atoms with E-state index in [-0.39, 0.29) is 5.78 Å². The van der Waals surface area contributed by atoms with Crippen molar-refractivity contribution in [3.8, 4) is 0 Å². The Labute approximate surface area is 151 Å². The summed E-state index contributed by atoms with van der Waals surface area (Å²) in [6.07, 6.45) is 12.1. The molecule has 0 N–H and O–H groups in total. The van der Waals surface area contributed by atoms with Gasteiger partial charge in [0.05, 0.1) is 6.20 Å². The van der Waals surface area contributed by atoms with Gasteiger partial charge >= 0.3 is 0 Å². The Balaban J connectivity index is 1.50. The van der Waals surface area contributed by atoms with Gasteiger partial charge in [0, 0.05) is 35.7 Å². The first kappa shape index (κ1) is 17.4. The number of allylic oxidation sites excluding steroid dienone is 3. The third-order valence-electron chi connectivity index (χ3n) is 3.79. The Morgan fingerprint density at radius 2 is 1.69 bits per heavy atom. The van der Waals surface area contributed by atoms with E-state index in [4.69, 9.17) is 4.74 Å². The van der Waals surface area contributed by atoms with Gasteiger partial charge in [-0.1, -0.05) is 30.3 Å². The molecule has 6 heteroatoms. The lowest BCUT2D eigenvalue weighted by Crippen LogP contribution is -2.35. The van der Waals surface area contributed by atoms with Gasteiger partial charge in [-0.05, 0) is 22.9 Å². The molecular formula is C20H18N3O3+. The number of benzene rings is 1. The predicted molar refractivity (Wildman–Crippen MR) is 96.5 cm³/mol. The summed E-state index contributed by atoms with van der Waals surface area (Å²) in [5.74, 6) is -0.00377. The highest BCUT2D eigenvalue weighted by Gasteiger charge is 2.10. The van der Waals surface area contributed by atoms with Crippen LogP contribution in [0.25, 0.3) is 0 Å². The van der Waals surface area contributed by atoms with Crippen LogP contribution in [-0.4, -0.2) is 17.4 Å². The standard InChI is InChI=1S/C20H18N3O3/c24-20(18-4-2-1-3-5-18)19-8-12-23(13-9-19)16-26-15-22-10-6-17(7-11-22)14-21-25/h1-14H,15-16H2/q+1. The van der Waals surface area contributed by atoms with Crippen molar-refractivity contribution in [3.63, 3.8) is 0 Å². The van der Waals surface area contributed by atoms with Gasteiger partial charge in [0.25, 0.3) is 6.73 Å². The second-order valence-corrected chi connectivity index (χ2v) is 5.64. The normalized spacial score (nSPS) is 12.9. The monoisotopic (exact) mass is 348 g/mol. The van der Waals surface area contributed by atoms with E-state index in [1.54, 1.807) is 36.4 Å². The Hall–Kier alpha value is -3.38. The van der Waals surface area contributed by atoms with Crippen LogP contribution in [0.5, 0.6) is 0 Å². The van der Waals surface area contributed by atoms with E-state index in [0.29, 0.717) is 24.6 Å². The predicted octanol–water partition coefficient (Wildman–Crippen LogP) is 3.13. The highest BCUT2D eigenvalue weighted by atomic mass is 16.5. The molecule has 0 saturated carbocycles. The maximum absolute atomic E-state index is 12.4. The number of hydrogen-bond acceptors (Lipinski definition) is 5. The van der Waals surface area contributed by atoms with E-state index in [9.17, 15) is 9.70 Å². The van der Waals surface area contributed by atoms with Gasteiger partial charge in [0.2, 0.25) is 0 Å². The SMILES string of the molecule is O=NC=C1C=CN(COC[n+]2ccc(C(=O)c3ccccc3)cc2)C=C1. The number of hydrogen-bond donors (Lipinski definition) is 0. The molecule has 0 aliphatic carbocycles.